The van der Waals surface area contributed by atoms with Crippen LogP contribution in [-0.2, 0) is 0 Å². The smallest absolute Gasteiger partial charge is 0.159 e. The summed E-state index contributed by atoms with van der Waals surface area (Å²) in [5, 5.41) is 3.30. The van der Waals surface area contributed by atoms with E-state index in [9.17, 15) is 9.18 Å². The molecule has 0 saturated heterocycles. The molecule has 2 nitrogen and oxygen atoms in total. The molecule has 3 heteroatoms. The van der Waals surface area contributed by atoms with E-state index in [0.29, 0.717) is 5.56 Å². The van der Waals surface area contributed by atoms with Gasteiger partial charge in [-0.15, -0.1) is 0 Å². The molecule has 0 radical (unpaired) electrons. The van der Waals surface area contributed by atoms with Crippen LogP contribution in [0.1, 0.15) is 35.8 Å². The summed E-state index contributed by atoms with van der Waals surface area (Å²) in [4.78, 5) is 11.3. The monoisotopic (exact) mass is 257 g/mol. The molecule has 2 aromatic rings. The number of hydrogen-bond donors (Lipinski definition) is 1. The van der Waals surface area contributed by atoms with Crippen molar-refractivity contribution in [3.8, 4) is 0 Å². The van der Waals surface area contributed by atoms with Crippen molar-refractivity contribution >= 4 is 11.5 Å². The van der Waals surface area contributed by atoms with Gasteiger partial charge in [0.2, 0.25) is 0 Å². The number of Topliss-reactive ketones (excluding diaryl/α,β-unsaturated/α-hetero) is 1. The van der Waals surface area contributed by atoms with Crippen molar-refractivity contribution in [2.45, 2.75) is 19.9 Å². The van der Waals surface area contributed by atoms with Crippen molar-refractivity contribution in [3.05, 3.63) is 65.5 Å². The van der Waals surface area contributed by atoms with E-state index >= 15 is 0 Å². The average molecular weight is 257 g/mol. The molecule has 98 valence electrons. The van der Waals surface area contributed by atoms with E-state index in [-0.39, 0.29) is 17.6 Å². The molecule has 0 amide bonds. The van der Waals surface area contributed by atoms with Gasteiger partial charge in [0, 0.05) is 17.3 Å². The van der Waals surface area contributed by atoms with Gasteiger partial charge < -0.3 is 5.32 Å². The van der Waals surface area contributed by atoms with Crippen LogP contribution in [0.4, 0.5) is 10.1 Å². The summed E-state index contributed by atoms with van der Waals surface area (Å²) < 4.78 is 12.9. The van der Waals surface area contributed by atoms with Gasteiger partial charge in [-0.25, -0.2) is 4.39 Å². The summed E-state index contributed by atoms with van der Waals surface area (Å²) in [6.45, 7) is 3.54. The number of benzene rings is 2. The van der Waals surface area contributed by atoms with E-state index in [4.69, 9.17) is 0 Å². The van der Waals surface area contributed by atoms with Gasteiger partial charge in [0.25, 0.3) is 0 Å². The van der Waals surface area contributed by atoms with E-state index in [1.165, 1.54) is 12.1 Å². The van der Waals surface area contributed by atoms with Crippen molar-refractivity contribution in [1.82, 2.24) is 0 Å². The molecule has 0 aromatic heterocycles. The average Bonchev–Trinajstić information content (AvgIpc) is 2.39. The second-order valence-corrected chi connectivity index (χ2v) is 4.55. The van der Waals surface area contributed by atoms with Gasteiger partial charge in [-0.1, -0.05) is 24.3 Å². The Hall–Kier alpha value is -2.16. The number of hydrogen-bond acceptors (Lipinski definition) is 2. The van der Waals surface area contributed by atoms with Crippen LogP contribution in [-0.4, -0.2) is 5.78 Å². The van der Waals surface area contributed by atoms with Crippen LogP contribution in [0, 0.1) is 5.82 Å². The highest BCUT2D eigenvalue weighted by Crippen LogP contribution is 2.20. The lowest BCUT2D eigenvalue weighted by Crippen LogP contribution is -2.07. The molecule has 0 fully saturated rings. The van der Waals surface area contributed by atoms with Crippen molar-refractivity contribution in [2.24, 2.45) is 0 Å². The zero-order chi connectivity index (χ0) is 13.8. The molecule has 0 bridgehead atoms. The molecular weight excluding hydrogens is 241 g/mol. The second-order valence-electron chi connectivity index (χ2n) is 4.55. The molecule has 0 aliphatic rings. The highest BCUT2D eigenvalue weighted by molar-refractivity contribution is 5.94. The van der Waals surface area contributed by atoms with E-state index in [1.54, 1.807) is 25.1 Å². The lowest BCUT2D eigenvalue weighted by Gasteiger charge is -2.16. The van der Waals surface area contributed by atoms with E-state index < -0.39 is 0 Å². The minimum absolute atomic E-state index is 0.0399. The maximum Gasteiger partial charge on any atom is 0.159 e. The maximum atomic E-state index is 12.9. The second kappa shape index (κ2) is 5.65. The topological polar surface area (TPSA) is 29.1 Å². The van der Waals surface area contributed by atoms with E-state index in [1.807, 2.05) is 25.1 Å². The maximum absolute atomic E-state index is 12.9. The number of carbonyl (C=O) groups excluding carboxylic acids is 1. The molecule has 1 atom stereocenters. The van der Waals surface area contributed by atoms with Gasteiger partial charge >= 0.3 is 0 Å². The van der Waals surface area contributed by atoms with Gasteiger partial charge in [-0.05, 0) is 43.7 Å². The van der Waals surface area contributed by atoms with E-state index in [0.717, 1.165) is 11.3 Å². The standard InChI is InChI=1S/C16H16FNO/c1-11(13-6-8-15(17)9-7-13)18-16-5-3-4-14(10-16)12(2)19/h3-11,18H,1-2H3/t11-/m0/s1. The Balaban J connectivity index is 2.14. The molecule has 19 heavy (non-hydrogen) atoms. The fraction of sp³-hybridized carbons (Fsp3) is 0.188. The SMILES string of the molecule is CC(=O)c1cccc(N[C@@H](C)c2ccc(F)cc2)c1. The minimum Gasteiger partial charge on any atom is -0.379 e. The Kier molecular flexibility index (Phi) is 3.95. The summed E-state index contributed by atoms with van der Waals surface area (Å²) in [7, 11) is 0. The Morgan fingerprint density at radius 1 is 1.16 bits per heavy atom. The first-order valence-electron chi connectivity index (χ1n) is 6.19. The molecule has 0 aliphatic carbocycles. The van der Waals surface area contributed by atoms with Gasteiger partial charge in [-0.3, -0.25) is 4.79 Å². The predicted octanol–water partition coefficient (Wildman–Crippen LogP) is 4.20. The Morgan fingerprint density at radius 2 is 1.84 bits per heavy atom. The van der Waals surface area contributed by atoms with Crippen molar-refractivity contribution < 1.29 is 9.18 Å². The fourth-order valence-electron chi connectivity index (χ4n) is 1.91. The van der Waals surface area contributed by atoms with Crippen LogP contribution in [0.5, 0.6) is 0 Å². The van der Waals surface area contributed by atoms with Crippen LogP contribution in [0.3, 0.4) is 0 Å². The number of rotatable bonds is 4. The molecule has 0 spiro atoms. The molecule has 0 heterocycles. The molecule has 2 aromatic carbocycles. The third-order valence-corrected chi connectivity index (χ3v) is 3.02. The van der Waals surface area contributed by atoms with Gasteiger partial charge in [0.1, 0.15) is 5.82 Å². The Morgan fingerprint density at radius 3 is 2.47 bits per heavy atom. The molecular formula is C16H16FNO. The first kappa shape index (κ1) is 13.3. The highest BCUT2D eigenvalue weighted by atomic mass is 19.1. The Bertz CT molecular complexity index is 578. The van der Waals surface area contributed by atoms with E-state index in [2.05, 4.69) is 5.32 Å². The molecule has 0 unspecified atom stereocenters. The van der Waals surface area contributed by atoms with Crippen molar-refractivity contribution in [1.29, 1.82) is 0 Å². The normalized spacial score (nSPS) is 11.9. The van der Waals surface area contributed by atoms with Gasteiger partial charge in [0.05, 0.1) is 0 Å². The summed E-state index contributed by atoms with van der Waals surface area (Å²) in [5.41, 5.74) is 2.55. The molecule has 1 N–H and O–H groups in total. The van der Waals surface area contributed by atoms with Crippen LogP contribution in [0.2, 0.25) is 0 Å². The van der Waals surface area contributed by atoms with Crippen LogP contribution < -0.4 is 5.32 Å². The molecule has 2 rings (SSSR count). The van der Waals surface area contributed by atoms with Crippen molar-refractivity contribution in [3.63, 3.8) is 0 Å². The number of anilines is 1. The zero-order valence-corrected chi connectivity index (χ0v) is 11.0. The summed E-state index contributed by atoms with van der Waals surface area (Å²) in [6, 6.07) is 13.8. The minimum atomic E-state index is -0.241. The van der Waals surface area contributed by atoms with Gasteiger partial charge in [-0.2, -0.15) is 0 Å². The lowest BCUT2D eigenvalue weighted by atomic mass is 10.1. The molecule has 0 aliphatic heterocycles. The first-order valence-corrected chi connectivity index (χ1v) is 6.19. The number of nitrogens with one attached hydrogen (secondary N) is 1. The van der Waals surface area contributed by atoms with Crippen LogP contribution >= 0.6 is 0 Å². The number of ketones is 1. The summed E-state index contributed by atoms with van der Waals surface area (Å²) >= 11 is 0. The zero-order valence-electron chi connectivity index (χ0n) is 11.0. The first-order chi connectivity index (χ1) is 9.06. The third kappa shape index (κ3) is 3.41. The molecule has 0 saturated carbocycles. The predicted molar refractivity (Wildman–Crippen MR) is 74.9 cm³/mol. The lowest BCUT2D eigenvalue weighted by molar-refractivity contribution is 0.101. The van der Waals surface area contributed by atoms with Crippen LogP contribution in [0.15, 0.2) is 48.5 Å². The summed E-state index contributed by atoms with van der Waals surface area (Å²) in [6.07, 6.45) is 0. The number of halogens is 1. The van der Waals surface area contributed by atoms with Crippen molar-refractivity contribution in [2.75, 3.05) is 5.32 Å². The van der Waals surface area contributed by atoms with Gasteiger partial charge in [0.15, 0.2) is 5.78 Å². The third-order valence-electron chi connectivity index (χ3n) is 3.02. The quantitative estimate of drug-likeness (QED) is 0.832. The largest absolute Gasteiger partial charge is 0.379 e. The highest BCUT2D eigenvalue weighted by Gasteiger charge is 2.06. The Labute approximate surface area is 112 Å². The number of carbonyl (C=O) groups is 1. The summed E-state index contributed by atoms with van der Waals surface area (Å²) in [5.74, 6) is -0.201. The fourth-order valence-corrected chi connectivity index (χ4v) is 1.91. The van der Waals surface area contributed by atoms with Crippen LogP contribution in [0.25, 0.3) is 0 Å².